The van der Waals surface area contributed by atoms with Crippen molar-refractivity contribution >= 4 is 11.8 Å². The molecule has 138 valence electrons. The van der Waals surface area contributed by atoms with Gasteiger partial charge in [0.05, 0.1) is 0 Å². The van der Waals surface area contributed by atoms with Crippen molar-refractivity contribution in [2.75, 3.05) is 7.05 Å². The van der Waals surface area contributed by atoms with E-state index in [1.54, 1.807) is 11.0 Å². The summed E-state index contributed by atoms with van der Waals surface area (Å²) in [5.74, 6) is 1.21. The molecule has 3 N–H and O–H groups in total. The summed E-state index contributed by atoms with van der Waals surface area (Å²) in [6.07, 6.45) is 6.10. The van der Waals surface area contributed by atoms with E-state index in [0.717, 1.165) is 44.3 Å². The summed E-state index contributed by atoms with van der Waals surface area (Å²) < 4.78 is 5.28. The molecule has 0 spiro atoms. The summed E-state index contributed by atoms with van der Waals surface area (Å²) in [5, 5.41) is 6.98. The standard InChI is InChI=1S/C18H28N4O3/c1-11(19)9-17(23)20-13-5-7-14(8-6-13)22(2)18(24)15-10-16(25-21-15)12-3-4-12/h10-14H,3-9,19H2,1-2H3,(H,20,23)/t11-,13?,14?/m1/s1. The van der Waals surface area contributed by atoms with Gasteiger partial charge in [-0.25, -0.2) is 0 Å². The molecular formula is C18H28N4O3. The third kappa shape index (κ3) is 4.60. The van der Waals surface area contributed by atoms with Crippen LogP contribution in [0, 0.1) is 0 Å². The van der Waals surface area contributed by atoms with Crippen LogP contribution in [0.1, 0.15) is 74.0 Å². The van der Waals surface area contributed by atoms with Crippen LogP contribution in [0.25, 0.3) is 0 Å². The van der Waals surface area contributed by atoms with Gasteiger partial charge in [-0.3, -0.25) is 9.59 Å². The Morgan fingerprint density at radius 2 is 2.00 bits per heavy atom. The van der Waals surface area contributed by atoms with E-state index in [1.165, 1.54) is 0 Å². The largest absolute Gasteiger partial charge is 0.360 e. The second-order valence-electron chi connectivity index (χ2n) is 7.56. The average Bonchev–Trinajstić information content (AvgIpc) is 3.30. The number of amides is 2. The van der Waals surface area contributed by atoms with Gasteiger partial charge in [0.15, 0.2) is 5.69 Å². The number of hydrogen-bond acceptors (Lipinski definition) is 5. The molecule has 1 aromatic heterocycles. The molecule has 25 heavy (non-hydrogen) atoms. The maximum absolute atomic E-state index is 12.6. The van der Waals surface area contributed by atoms with Crippen molar-refractivity contribution < 1.29 is 14.1 Å². The van der Waals surface area contributed by atoms with Crippen molar-refractivity contribution in [3.63, 3.8) is 0 Å². The molecule has 2 aliphatic rings. The first-order chi connectivity index (χ1) is 11.9. The van der Waals surface area contributed by atoms with Gasteiger partial charge in [0.25, 0.3) is 5.91 Å². The number of hydrogen-bond donors (Lipinski definition) is 2. The molecule has 0 radical (unpaired) electrons. The van der Waals surface area contributed by atoms with Gasteiger partial charge in [0.2, 0.25) is 5.91 Å². The Balaban J connectivity index is 1.48. The van der Waals surface area contributed by atoms with E-state index in [0.29, 0.717) is 18.0 Å². The first kappa shape index (κ1) is 17.9. The van der Waals surface area contributed by atoms with Crippen molar-refractivity contribution in [3.05, 3.63) is 17.5 Å². The van der Waals surface area contributed by atoms with Gasteiger partial charge in [0.1, 0.15) is 5.76 Å². The Labute approximate surface area is 148 Å². The number of carbonyl (C=O) groups excluding carboxylic acids is 2. The Bertz CT molecular complexity index is 616. The van der Waals surface area contributed by atoms with Crippen LogP contribution in [0.15, 0.2) is 10.6 Å². The van der Waals surface area contributed by atoms with Crippen LogP contribution in [-0.4, -0.2) is 47.0 Å². The van der Waals surface area contributed by atoms with Crippen molar-refractivity contribution in [2.45, 2.75) is 75.9 Å². The number of nitrogens with one attached hydrogen (secondary N) is 1. The second kappa shape index (κ2) is 7.56. The molecule has 7 nitrogen and oxygen atoms in total. The topological polar surface area (TPSA) is 101 Å². The normalized spacial score (nSPS) is 24.6. The Hall–Kier alpha value is -1.89. The van der Waals surface area contributed by atoms with E-state index in [4.69, 9.17) is 10.3 Å². The molecule has 0 aromatic carbocycles. The van der Waals surface area contributed by atoms with Crippen LogP contribution in [0.4, 0.5) is 0 Å². The summed E-state index contributed by atoms with van der Waals surface area (Å²) in [7, 11) is 1.83. The van der Waals surface area contributed by atoms with Gasteiger partial charge < -0.3 is 20.5 Å². The van der Waals surface area contributed by atoms with Crippen LogP contribution in [0.3, 0.4) is 0 Å². The van der Waals surface area contributed by atoms with E-state index in [9.17, 15) is 9.59 Å². The number of carbonyl (C=O) groups is 2. The number of aromatic nitrogens is 1. The molecule has 2 amide bonds. The minimum atomic E-state index is -0.122. The molecule has 0 aliphatic heterocycles. The molecule has 3 rings (SSSR count). The van der Waals surface area contributed by atoms with Gasteiger partial charge >= 0.3 is 0 Å². The number of rotatable bonds is 6. The van der Waals surface area contributed by atoms with E-state index in [-0.39, 0.29) is 29.9 Å². The predicted octanol–water partition coefficient (Wildman–Crippen LogP) is 1.79. The van der Waals surface area contributed by atoms with Crippen molar-refractivity contribution in [3.8, 4) is 0 Å². The first-order valence-corrected chi connectivity index (χ1v) is 9.22. The molecular weight excluding hydrogens is 320 g/mol. The minimum Gasteiger partial charge on any atom is -0.360 e. The molecule has 1 heterocycles. The summed E-state index contributed by atoms with van der Waals surface area (Å²) in [6, 6.07) is 2.02. The summed E-state index contributed by atoms with van der Waals surface area (Å²) in [6.45, 7) is 1.83. The molecule has 1 atom stereocenters. The molecule has 0 bridgehead atoms. The molecule has 1 aromatic rings. The Morgan fingerprint density at radius 1 is 1.32 bits per heavy atom. The molecule has 2 aliphatic carbocycles. The molecule has 7 heteroatoms. The van der Waals surface area contributed by atoms with Gasteiger partial charge in [-0.15, -0.1) is 0 Å². The number of nitrogens with two attached hydrogens (primary N) is 1. The minimum absolute atomic E-state index is 0.0121. The highest BCUT2D eigenvalue weighted by molar-refractivity contribution is 5.92. The lowest BCUT2D eigenvalue weighted by atomic mass is 9.90. The van der Waals surface area contributed by atoms with Crippen LogP contribution in [-0.2, 0) is 4.79 Å². The monoisotopic (exact) mass is 348 g/mol. The van der Waals surface area contributed by atoms with E-state index in [2.05, 4.69) is 10.5 Å². The van der Waals surface area contributed by atoms with Crippen LogP contribution >= 0.6 is 0 Å². The second-order valence-corrected chi connectivity index (χ2v) is 7.56. The Morgan fingerprint density at radius 3 is 2.60 bits per heavy atom. The van der Waals surface area contributed by atoms with Gasteiger partial charge in [-0.05, 0) is 45.4 Å². The van der Waals surface area contributed by atoms with E-state index < -0.39 is 0 Å². The van der Waals surface area contributed by atoms with Crippen molar-refractivity contribution in [1.82, 2.24) is 15.4 Å². The van der Waals surface area contributed by atoms with E-state index >= 15 is 0 Å². The zero-order chi connectivity index (χ0) is 18.0. The smallest absolute Gasteiger partial charge is 0.276 e. The number of nitrogens with zero attached hydrogens (tertiary/aromatic N) is 2. The predicted molar refractivity (Wildman–Crippen MR) is 93.0 cm³/mol. The van der Waals surface area contributed by atoms with Crippen molar-refractivity contribution in [1.29, 1.82) is 0 Å². The van der Waals surface area contributed by atoms with Crippen molar-refractivity contribution in [2.24, 2.45) is 5.73 Å². The zero-order valence-electron chi connectivity index (χ0n) is 15.0. The lowest BCUT2D eigenvalue weighted by Gasteiger charge is -2.34. The molecule has 0 saturated heterocycles. The van der Waals surface area contributed by atoms with Gasteiger partial charge in [0, 0.05) is 43.6 Å². The SMILES string of the molecule is C[C@@H](N)CC(=O)NC1CCC(N(C)C(=O)c2cc(C3CC3)on2)CC1. The van der Waals surface area contributed by atoms with E-state index in [1.807, 2.05) is 14.0 Å². The summed E-state index contributed by atoms with van der Waals surface area (Å²) in [5.41, 5.74) is 6.05. The third-order valence-electron chi connectivity index (χ3n) is 5.16. The molecule has 2 saturated carbocycles. The zero-order valence-corrected chi connectivity index (χ0v) is 15.0. The highest BCUT2D eigenvalue weighted by atomic mass is 16.5. The fraction of sp³-hybridized carbons (Fsp3) is 0.722. The maximum atomic E-state index is 12.6. The first-order valence-electron chi connectivity index (χ1n) is 9.22. The van der Waals surface area contributed by atoms with Gasteiger partial charge in [-0.2, -0.15) is 0 Å². The fourth-order valence-corrected chi connectivity index (χ4v) is 3.48. The maximum Gasteiger partial charge on any atom is 0.276 e. The third-order valence-corrected chi connectivity index (χ3v) is 5.16. The fourth-order valence-electron chi connectivity index (χ4n) is 3.48. The van der Waals surface area contributed by atoms with Crippen LogP contribution in [0.5, 0.6) is 0 Å². The highest BCUT2D eigenvalue weighted by Crippen LogP contribution is 2.40. The lowest BCUT2D eigenvalue weighted by molar-refractivity contribution is -0.122. The highest BCUT2D eigenvalue weighted by Gasteiger charge is 2.32. The average molecular weight is 348 g/mol. The lowest BCUT2D eigenvalue weighted by Crippen LogP contribution is -2.45. The van der Waals surface area contributed by atoms with Crippen LogP contribution in [0.2, 0.25) is 0 Å². The quantitative estimate of drug-likeness (QED) is 0.816. The summed E-state index contributed by atoms with van der Waals surface area (Å²) >= 11 is 0. The summed E-state index contributed by atoms with van der Waals surface area (Å²) in [4.78, 5) is 26.2. The van der Waals surface area contributed by atoms with Crippen LogP contribution < -0.4 is 11.1 Å². The molecule has 0 unspecified atom stereocenters. The van der Waals surface area contributed by atoms with Gasteiger partial charge in [-0.1, -0.05) is 5.16 Å². The Kier molecular flexibility index (Phi) is 5.42. The molecule has 2 fully saturated rings.